The molecule has 0 aliphatic heterocycles. The van der Waals surface area contributed by atoms with Gasteiger partial charge in [0.25, 0.3) is 0 Å². The van der Waals surface area contributed by atoms with Gasteiger partial charge < -0.3 is 18.8 Å². The lowest BCUT2D eigenvalue weighted by molar-refractivity contribution is -0.142. The number of benzene rings is 3. The summed E-state index contributed by atoms with van der Waals surface area (Å²) < 4.78 is 18.6. The van der Waals surface area contributed by atoms with Crippen molar-refractivity contribution in [1.82, 2.24) is 4.57 Å². The van der Waals surface area contributed by atoms with Gasteiger partial charge in [0.15, 0.2) is 0 Å². The summed E-state index contributed by atoms with van der Waals surface area (Å²) >= 11 is 6.12. The lowest BCUT2D eigenvalue weighted by atomic mass is 10.0. The molecule has 0 spiro atoms. The van der Waals surface area contributed by atoms with Crippen molar-refractivity contribution in [3.63, 3.8) is 0 Å². The minimum atomic E-state index is -0.510. The number of hydrogen-bond acceptors (Lipinski definition) is 5. The van der Waals surface area contributed by atoms with Crippen molar-refractivity contribution in [2.75, 3.05) is 13.2 Å². The van der Waals surface area contributed by atoms with Crippen molar-refractivity contribution in [3.05, 3.63) is 88.6 Å². The van der Waals surface area contributed by atoms with Crippen molar-refractivity contribution < 1.29 is 23.8 Å². The molecule has 0 bridgehead atoms. The summed E-state index contributed by atoms with van der Waals surface area (Å²) in [5, 5.41) is 1.17. The predicted octanol–water partition coefficient (Wildman–Crippen LogP) is 7.48. The van der Waals surface area contributed by atoms with Gasteiger partial charge in [0.05, 0.1) is 30.7 Å². The largest absolute Gasteiger partial charge is 0.466 e. The highest BCUT2D eigenvalue weighted by Gasteiger charge is 2.27. The Bertz CT molecular complexity index is 1420. The number of halogens is 1. The van der Waals surface area contributed by atoms with E-state index >= 15 is 0 Å². The van der Waals surface area contributed by atoms with Crippen LogP contribution in [-0.2, 0) is 20.7 Å². The van der Waals surface area contributed by atoms with Crippen LogP contribution in [0.4, 0.5) is 0 Å². The summed E-state index contributed by atoms with van der Waals surface area (Å²) in [6, 6.07) is 20.7. The van der Waals surface area contributed by atoms with E-state index in [1.54, 1.807) is 44.2 Å². The van der Waals surface area contributed by atoms with Gasteiger partial charge in [-0.15, -0.1) is 0 Å². The number of esters is 2. The molecular weight excluding hydrogens is 490 g/mol. The Morgan fingerprint density at radius 3 is 2.24 bits per heavy atom. The van der Waals surface area contributed by atoms with E-state index < -0.39 is 11.9 Å². The zero-order valence-electron chi connectivity index (χ0n) is 21.4. The molecule has 0 N–H and O–H groups in total. The molecule has 4 rings (SSSR count). The first-order valence-electron chi connectivity index (χ1n) is 12.4. The van der Waals surface area contributed by atoms with E-state index in [0.29, 0.717) is 39.1 Å². The van der Waals surface area contributed by atoms with Crippen LogP contribution in [0.25, 0.3) is 16.6 Å². The Kier molecular flexibility index (Phi) is 8.19. The van der Waals surface area contributed by atoms with Crippen LogP contribution in [-0.4, -0.2) is 29.7 Å². The smallest absolute Gasteiger partial charge is 0.340 e. The lowest BCUT2D eigenvalue weighted by Crippen LogP contribution is -2.15. The number of aromatic nitrogens is 1. The fraction of sp³-hybridized carbons (Fsp3) is 0.267. The fourth-order valence-corrected chi connectivity index (χ4v) is 4.48. The van der Waals surface area contributed by atoms with Gasteiger partial charge in [-0.1, -0.05) is 43.6 Å². The van der Waals surface area contributed by atoms with E-state index in [1.807, 2.05) is 28.8 Å². The second-order valence-electron chi connectivity index (χ2n) is 8.84. The van der Waals surface area contributed by atoms with Crippen LogP contribution in [0, 0.1) is 0 Å². The highest BCUT2D eigenvalue weighted by molar-refractivity contribution is 6.30. The molecule has 3 aromatic carbocycles. The van der Waals surface area contributed by atoms with E-state index in [-0.39, 0.29) is 19.6 Å². The highest BCUT2D eigenvalue weighted by atomic mass is 35.5. The molecule has 1 heterocycles. The average Bonchev–Trinajstić information content (AvgIpc) is 3.17. The van der Waals surface area contributed by atoms with Crippen LogP contribution < -0.4 is 4.74 Å². The van der Waals surface area contributed by atoms with Crippen molar-refractivity contribution in [2.45, 2.75) is 40.0 Å². The summed E-state index contributed by atoms with van der Waals surface area (Å²) in [7, 11) is 0. The number of fused-ring (bicyclic) bond motifs is 1. The average molecular weight is 520 g/mol. The van der Waals surface area contributed by atoms with Crippen molar-refractivity contribution in [1.29, 1.82) is 0 Å². The Labute approximate surface area is 221 Å². The number of ether oxygens (including phenoxy) is 3. The monoisotopic (exact) mass is 519 g/mol. The highest BCUT2D eigenvalue weighted by Crippen LogP contribution is 2.35. The van der Waals surface area contributed by atoms with Crippen LogP contribution in [0.3, 0.4) is 0 Å². The van der Waals surface area contributed by atoms with Crippen molar-refractivity contribution in [2.24, 2.45) is 0 Å². The summed E-state index contributed by atoms with van der Waals surface area (Å²) in [6.45, 7) is 8.21. The minimum absolute atomic E-state index is 0.0902. The molecule has 37 heavy (non-hydrogen) atoms. The van der Waals surface area contributed by atoms with Gasteiger partial charge in [0, 0.05) is 21.8 Å². The molecule has 1 aromatic heterocycles. The van der Waals surface area contributed by atoms with Crippen LogP contribution in [0.5, 0.6) is 11.5 Å². The quantitative estimate of drug-likeness (QED) is 0.214. The fourth-order valence-electron chi connectivity index (χ4n) is 4.30. The van der Waals surface area contributed by atoms with Gasteiger partial charge in [-0.05, 0) is 73.9 Å². The predicted molar refractivity (Wildman–Crippen MR) is 145 cm³/mol. The lowest BCUT2D eigenvalue weighted by Gasteiger charge is -2.14. The maximum atomic E-state index is 13.3. The van der Waals surface area contributed by atoms with Crippen molar-refractivity contribution >= 4 is 34.4 Å². The molecule has 192 valence electrons. The third-order valence-electron chi connectivity index (χ3n) is 5.98. The number of carbonyl (C=O) groups excluding carboxylic acids is 2. The van der Waals surface area contributed by atoms with Crippen LogP contribution in [0.1, 0.15) is 55.2 Å². The van der Waals surface area contributed by atoms with E-state index in [0.717, 1.165) is 11.2 Å². The molecule has 0 radical (unpaired) electrons. The third kappa shape index (κ3) is 5.81. The van der Waals surface area contributed by atoms with Gasteiger partial charge in [-0.2, -0.15) is 0 Å². The van der Waals surface area contributed by atoms with Crippen LogP contribution in [0.15, 0.2) is 66.7 Å². The first kappa shape index (κ1) is 26.3. The minimum Gasteiger partial charge on any atom is -0.466 e. The normalized spacial score (nSPS) is 11.1. The zero-order chi connectivity index (χ0) is 26.5. The van der Waals surface area contributed by atoms with Crippen LogP contribution >= 0.6 is 11.6 Å². The molecule has 0 saturated carbocycles. The molecule has 0 unspecified atom stereocenters. The Morgan fingerprint density at radius 2 is 1.59 bits per heavy atom. The SMILES string of the molecule is CCOC(=O)Cc1c(C(=O)OCC)c2cc(Oc3cccc(Cl)c3)ccc2n1-c1ccc(C(C)C)cc1. The number of rotatable bonds is 9. The van der Waals surface area contributed by atoms with Crippen LogP contribution in [0.2, 0.25) is 5.02 Å². The van der Waals surface area contributed by atoms with Crippen molar-refractivity contribution in [3.8, 4) is 17.2 Å². The summed E-state index contributed by atoms with van der Waals surface area (Å²) in [5.74, 6) is 0.529. The first-order chi connectivity index (χ1) is 17.8. The second kappa shape index (κ2) is 11.5. The molecule has 6 nitrogen and oxygen atoms in total. The summed E-state index contributed by atoms with van der Waals surface area (Å²) in [6.07, 6.45) is -0.0902. The topological polar surface area (TPSA) is 66.8 Å². The molecular formula is C30H30ClNO5. The molecule has 4 aromatic rings. The molecule has 0 fully saturated rings. The summed E-state index contributed by atoms with van der Waals surface area (Å²) in [4.78, 5) is 25.9. The molecule has 0 atom stereocenters. The second-order valence-corrected chi connectivity index (χ2v) is 9.28. The van der Waals surface area contributed by atoms with Gasteiger partial charge >= 0.3 is 11.9 Å². The number of hydrogen-bond donors (Lipinski definition) is 0. The number of nitrogens with zero attached hydrogens (tertiary/aromatic N) is 1. The van der Waals surface area contributed by atoms with E-state index in [2.05, 4.69) is 26.0 Å². The third-order valence-corrected chi connectivity index (χ3v) is 6.22. The first-order valence-corrected chi connectivity index (χ1v) is 12.7. The van der Waals surface area contributed by atoms with Gasteiger partial charge in [-0.25, -0.2) is 4.79 Å². The maximum Gasteiger partial charge on any atom is 0.340 e. The molecule has 0 aliphatic carbocycles. The van der Waals surface area contributed by atoms with Gasteiger partial charge in [-0.3, -0.25) is 4.79 Å². The Hall–Kier alpha value is -3.77. The van der Waals surface area contributed by atoms with Gasteiger partial charge in [0.2, 0.25) is 0 Å². The molecule has 0 aliphatic rings. The molecule has 0 amide bonds. The van der Waals surface area contributed by atoms with E-state index in [4.69, 9.17) is 25.8 Å². The molecule has 7 heteroatoms. The zero-order valence-corrected chi connectivity index (χ0v) is 22.2. The van der Waals surface area contributed by atoms with E-state index in [1.165, 1.54) is 5.56 Å². The summed E-state index contributed by atoms with van der Waals surface area (Å²) in [5.41, 5.74) is 3.58. The maximum absolute atomic E-state index is 13.3. The number of carbonyl (C=O) groups is 2. The Balaban J connectivity index is 1.93. The standard InChI is InChI=1S/C30H30ClNO5/c1-5-35-28(33)18-27-29(30(34)36-6-2)25-17-24(37-23-9-7-8-21(31)16-23)14-15-26(25)32(27)22-12-10-20(11-13-22)19(3)4/h7-17,19H,5-6,18H2,1-4H3. The van der Waals surface area contributed by atoms with E-state index in [9.17, 15) is 9.59 Å². The van der Waals surface area contributed by atoms with Gasteiger partial charge in [0.1, 0.15) is 11.5 Å². The Morgan fingerprint density at radius 1 is 0.892 bits per heavy atom. The molecule has 0 saturated heterocycles.